The van der Waals surface area contributed by atoms with Crippen molar-refractivity contribution in [3.05, 3.63) is 70.8 Å². The number of rotatable bonds is 3. The number of benzene rings is 2. The van der Waals surface area contributed by atoms with Crippen LogP contribution < -0.4 is 5.11 Å². The summed E-state index contributed by atoms with van der Waals surface area (Å²) in [4.78, 5) is 41.1. The van der Waals surface area contributed by atoms with E-state index in [1.54, 1.807) is 29.2 Å². The zero-order valence-electron chi connectivity index (χ0n) is 17.7. The van der Waals surface area contributed by atoms with Crippen LogP contribution in [0.5, 0.6) is 0 Å². The lowest BCUT2D eigenvalue weighted by atomic mass is 9.96. The van der Waals surface area contributed by atoms with E-state index >= 15 is 0 Å². The minimum atomic E-state index is -1.34. The number of carboxylic acids is 1. The molecule has 7 nitrogen and oxygen atoms in total. The van der Waals surface area contributed by atoms with Crippen molar-refractivity contribution in [3.63, 3.8) is 0 Å². The van der Waals surface area contributed by atoms with Crippen LogP contribution in [0.3, 0.4) is 0 Å². The second kappa shape index (κ2) is 8.15. The number of carboxylic acid groups (broad SMARTS) is 1. The number of ether oxygens (including phenoxy) is 1. The molecule has 0 aromatic heterocycles. The zero-order chi connectivity index (χ0) is 22.2. The van der Waals surface area contributed by atoms with Gasteiger partial charge in [-0.25, -0.2) is 0 Å². The number of nitrogens with zero attached hydrogens (tertiary/aromatic N) is 2. The molecule has 0 radical (unpaired) electrons. The van der Waals surface area contributed by atoms with Crippen LogP contribution in [0, 0.1) is 13.8 Å². The second-order valence-corrected chi connectivity index (χ2v) is 8.30. The van der Waals surface area contributed by atoms with Crippen LogP contribution in [0.25, 0.3) is 0 Å². The van der Waals surface area contributed by atoms with Crippen LogP contribution in [-0.4, -0.2) is 59.0 Å². The monoisotopic (exact) mass is 421 g/mol. The maximum absolute atomic E-state index is 13.3. The summed E-state index contributed by atoms with van der Waals surface area (Å²) in [7, 11) is 0. The average Bonchev–Trinajstić information content (AvgIpc) is 3.12. The van der Waals surface area contributed by atoms with E-state index in [-0.39, 0.29) is 12.5 Å². The van der Waals surface area contributed by atoms with Gasteiger partial charge in [-0.2, -0.15) is 0 Å². The smallest absolute Gasteiger partial charge is 0.256 e. The van der Waals surface area contributed by atoms with Gasteiger partial charge in [-0.05, 0) is 38.1 Å². The highest BCUT2D eigenvalue weighted by Gasteiger charge is 2.52. The van der Waals surface area contributed by atoms with Gasteiger partial charge in [-0.3, -0.25) is 14.5 Å². The molecule has 31 heavy (non-hydrogen) atoms. The molecule has 0 saturated carbocycles. The third-order valence-electron chi connectivity index (χ3n) is 6.11. The molecule has 2 aliphatic heterocycles. The summed E-state index contributed by atoms with van der Waals surface area (Å²) in [5, 5.41) is 11.8. The van der Waals surface area contributed by atoms with Gasteiger partial charge in [0.05, 0.1) is 18.6 Å². The summed E-state index contributed by atoms with van der Waals surface area (Å²) in [6.45, 7) is 4.42. The van der Waals surface area contributed by atoms with E-state index in [0.29, 0.717) is 37.1 Å². The van der Waals surface area contributed by atoms with Crippen LogP contribution >= 0.6 is 0 Å². The van der Waals surface area contributed by atoms with Gasteiger partial charge in [0, 0.05) is 37.1 Å². The van der Waals surface area contributed by atoms with Gasteiger partial charge < -0.3 is 19.5 Å². The molecule has 0 aliphatic carbocycles. The Labute approximate surface area is 181 Å². The Hall–Kier alpha value is -3.19. The number of piperidine rings is 1. The zero-order valence-corrected chi connectivity index (χ0v) is 17.7. The highest BCUT2D eigenvalue weighted by Crippen LogP contribution is 2.38. The lowest BCUT2D eigenvalue weighted by molar-refractivity contribution is -0.310. The highest BCUT2D eigenvalue weighted by atomic mass is 16.5. The molecule has 0 N–H and O–H groups in total. The van der Waals surface area contributed by atoms with Crippen molar-refractivity contribution < 1.29 is 24.2 Å². The number of hydrogen-bond donors (Lipinski definition) is 0. The van der Waals surface area contributed by atoms with Crippen LogP contribution in [-0.2, 0) is 9.53 Å². The lowest BCUT2D eigenvalue weighted by Crippen LogP contribution is -2.60. The van der Waals surface area contributed by atoms with E-state index in [2.05, 4.69) is 0 Å². The standard InChI is InChI=1S/C24H26N2O5/c1-16-5-3-7-18(13-16)21(27)25-11-9-24(10-12-25)26(20(15-31-24)23(29)30)22(28)19-8-4-6-17(2)14-19/h3-8,13-14,20H,9-12,15H2,1-2H3,(H,29,30)/p-1/t20-/m1/s1. The van der Waals surface area contributed by atoms with E-state index in [4.69, 9.17) is 4.74 Å². The average molecular weight is 421 g/mol. The van der Waals surface area contributed by atoms with Crippen molar-refractivity contribution in [3.8, 4) is 0 Å². The molecule has 2 fully saturated rings. The number of carbonyl (C=O) groups excluding carboxylic acids is 3. The third kappa shape index (κ3) is 3.93. The minimum Gasteiger partial charge on any atom is -0.548 e. The van der Waals surface area contributed by atoms with Crippen LogP contribution in [0.1, 0.15) is 44.7 Å². The van der Waals surface area contributed by atoms with Gasteiger partial charge in [-0.15, -0.1) is 0 Å². The van der Waals surface area contributed by atoms with Crippen LogP contribution in [0.15, 0.2) is 48.5 Å². The molecule has 7 heteroatoms. The SMILES string of the molecule is Cc1cccc(C(=O)N2CCC3(CC2)OC[C@H](C(=O)[O-])N3C(=O)c2cccc(C)c2)c1. The molecule has 2 amide bonds. The number of aliphatic carboxylic acids is 1. The first-order chi connectivity index (χ1) is 14.8. The van der Waals surface area contributed by atoms with E-state index in [1.807, 2.05) is 38.1 Å². The topological polar surface area (TPSA) is 90.0 Å². The molecule has 0 bridgehead atoms. The summed E-state index contributed by atoms with van der Waals surface area (Å²) >= 11 is 0. The Kier molecular flexibility index (Phi) is 5.54. The molecular weight excluding hydrogens is 396 g/mol. The van der Waals surface area contributed by atoms with Crippen LogP contribution in [0.2, 0.25) is 0 Å². The number of carbonyl (C=O) groups is 3. The fourth-order valence-corrected chi connectivity index (χ4v) is 4.48. The summed E-state index contributed by atoms with van der Waals surface area (Å²) in [5.41, 5.74) is 1.88. The Morgan fingerprint density at radius 2 is 1.48 bits per heavy atom. The predicted molar refractivity (Wildman–Crippen MR) is 111 cm³/mol. The van der Waals surface area contributed by atoms with Gasteiger partial charge >= 0.3 is 0 Å². The second-order valence-electron chi connectivity index (χ2n) is 8.30. The van der Waals surface area contributed by atoms with Gasteiger partial charge in [0.1, 0.15) is 5.72 Å². The summed E-state index contributed by atoms with van der Waals surface area (Å²) < 4.78 is 5.94. The van der Waals surface area contributed by atoms with E-state index in [1.165, 1.54) is 4.90 Å². The largest absolute Gasteiger partial charge is 0.548 e. The van der Waals surface area contributed by atoms with Crippen molar-refractivity contribution in [2.75, 3.05) is 19.7 Å². The molecule has 162 valence electrons. The Morgan fingerprint density at radius 1 is 0.935 bits per heavy atom. The predicted octanol–water partition coefficient (Wildman–Crippen LogP) is 1.53. The first-order valence-corrected chi connectivity index (χ1v) is 10.4. The quantitative estimate of drug-likeness (QED) is 0.750. The maximum atomic E-state index is 13.3. The number of hydrogen-bond acceptors (Lipinski definition) is 5. The molecule has 2 aromatic rings. The van der Waals surface area contributed by atoms with Crippen LogP contribution in [0.4, 0.5) is 0 Å². The Balaban J connectivity index is 1.57. The number of aryl methyl sites for hydroxylation is 2. The van der Waals surface area contributed by atoms with Crippen molar-refractivity contribution in [2.45, 2.75) is 38.5 Å². The summed E-state index contributed by atoms with van der Waals surface area (Å²) in [6, 6.07) is 13.3. The van der Waals surface area contributed by atoms with Gasteiger partial charge in [0.25, 0.3) is 11.8 Å². The molecule has 4 rings (SSSR count). The molecule has 0 unspecified atom stereocenters. The number of likely N-dealkylation sites (tertiary alicyclic amines) is 1. The fraction of sp³-hybridized carbons (Fsp3) is 0.375. The Bertz CT molecular complexity index is 1030. The molecule has 2 aromatic carbocycles. The third-order valence-corrected chi connectivity index (χ3v) is 6.11. The molecule has 2 heterocycles. The van der Waals surface area contributed by atoms with E-state index in [9.17, 15) is 19.5 Å². The molecular formula is C24H25N2O5-. The van der Waals surface area contributed by atoms with Crippen molar-refractivity contribution >= 4 is 17.8 Å². The van der Waals surface area contributed by atoms with Crippen molar-refractivity contribution in [1.82, 2.24) is 9.80 Å². The summed E-state index contributed by atoms with van der Waals surface area (Å²) in [6.07, 6.45) is 0.678. The molecule has 2 aliphatic rings. The van der Waals surface area contributed by atoms with Gasteiger partial charge in [0.15, 0.2) is 0 Å². The van der Waals surface area contributed by atoms with E-state index < -0.39 is 23.6 Å². The molecule has 1 spiro atoms. The van der Waals surface area contributed by atoms with Crippen molar-refractivity contribution in [2.24, 2.45) is 0 Å². The van der Waals surface area contributed by atoms with Gasteiger partial charge in [0.2, 0.25) is 0 Å². The first-order valence-electron chi connectivity index (χ1n) is 10.4. The first kappa shape index (κ1) is 21.1. The maximum Gasteiger partial charge on any atom is 0.256 e. The van der Waals surface area contributed by atoms with Crippen molar-refractivity contribution in [1.29, 1.82) is 0 Å². The minimum absolute atomic E-state index is 0.0791. The van der Waals surface area contributed by atoms with E-state index in [0.717, 1.165) is 11.1 Å². The lowest BCUT2D eigenvalue weighted by Gasteiger charge is -2.45. The Morgan fingerprint density at radius 3 is 2.00 bits per heavy atom. The molecule has 1 atom stereocenters. The highest BCUT2D eigenvalue weighted by molar-refractivity contribution is 5.97. The van der Waals surface area contributed by atoms with Gasteiger partial charge in [-0.1, -0.05) is 35.4 Å². The normalized spacial score (nSPS) is 20.1. The summed E-state index contributed by atoms with van der Waals surface area (Å²) in [5.74, 6) is -1.81. The molecule has 2 saturated heterocycles. The number of amides is 2. The fourth-order valence-electron chi connectivity index (χ4n) is 4.48.